The van der Waals surface area contributed by atoms with Crippen molar-refractivity contribution in [2.24, 2.45) is 0 Å². The molecular weight excluding hydrogens is 438 g/mol. The fourth-order valence-electron chi connectivity index (χ4n) is 2.91. The minimum Gasteiger partial charge on any atom is -0.310 e. The molecule has 0 unspecified atom stereocenters. The summed E-state index contributed by atoms with van der Waals surface area (Å²) in [4.78, 5) is 6.38. The Morgan fingerprint density at radius 3 is 1.42 bits per heavy atom. The molecule has 3 nitrogen and oxygen atoms in total. The van der Waals surface area contributed by atoms with Gasteiger partial charge in [0, 0.05) is 0 Å². The molecule has 4 rings (SSSR count). The van der Waals surface area contributed by atoms with E-state index in [-0.39, 0.29) is 0 Å². The van der Waals surface area contributed by atoms with Gasteiger partial charge >= 0.3 is 0 Å². The van der Waals surface area contributed by atoms with Crippen LogP contribution in [-0.4, -0.2) is 76.6 Å². The van der Waals surface area contributed by atoms with E-state index < -0.39 is 0 Å². The zero-order valence-electron chi connectivity index (χ0n) is 25.9. The van der Waals surface area contributed by atoms with Crippen LogP contribution in [0.1, 0.15) is 59.6 Å². The summed E-state index contributed by atoms with van der Waals surface area (Å²) in [5, 5.41) is 2.72. The number of fused-ring (bicyclic) bond motifs is 5. The van der Waals surface area contributed by atoms with E-state index in [1.165, 1.54) is 33.0 Å². The third-order valence-corrected chi connectivity index (χ3v) is 5.58. The highest BCUT2D eigenvalue weighted by Gasteiger charge is 2.19. The summed E-state index contributed by atoms with van der Waals surface area (Å²) in [5.41, 5.74) is 5.78. The molecule has 36 heavy (non-hydrogen) atoms. The van der Waals surface area contributed by atoms with Gasteiger partial charge in [-0.2, -0.15) is 0 Å². The number of hydrogen-bond acceptors (Lipinski definition) is 3. The lowest BCUT2D eigenvalue weighted by atomic mass is 9.98. The smallest absolute Gasteiger partial charge is 0.00132 e. The second-order valence-electron chi connectivity index (χ2n) is 8.84. The van der Waals surface area contributed by atoms with Crippen molar-refractivity contribution in [2.75, 3.05) is 61.9 Å². The zero-order valence-corrected chi connectivity index (χ0v) is 25.9. The van der Waals surface area contributed by atoms with Gasteiger partial charge in [0.25, 0.3) is 0 Å². The van der Waals surface area contributed by atoms with Gasteiger partial charge in [0.05, 0.1) is 0 Å². The van der Waals surface area contributed by atoms with Crippen LogP contribution >= 0.6 is 0 Å². The van der Waals surface area contributed by atoms with Crippen molar-refractivity contribution >= 4 is 10.8 Å². The van der Waals surface area contributed by atoms with Gasteiger partial charge in [0.1, 0.15) is 0 Å². The second kappa shape index (κ2) is 22.0. The molecule has 0 fully saturated rings. The van der Waals surface area contributed by atoms with Crippen molar-refractivity contribution in [2.45, 2.75) is 54.9 Å². The molecule has 3 aromatic carbocycles. The zero-order chi connectivity index (χ0) is 28.1. The van der Waals surface area contributed by atoms with E-state index in [1.54, 1.807) is 0 Å². The summed E-state index contributed by atoms with van der Waals surface area (Å²) in [7, 11) is 12.3. The van der Waals surface area contributed by atoms with Gasteiger partial charge in [-0.15, -0.1) is 0 Å². The van der Waals surface area contributed by atoms with Crippen LogP contribution < -0.4 is 0 Å². The van der Waals surface area contributed by atoms with Crippen LogP contribution in [0.25, 0.3) is 21.9 Å². The largest absolute Gasteiger partial charge is 0.310 e. The molecule has 0 spiro atoms. The Morgan fingerprint density at radius 1 is 0.528 bits per heavy atom. The summed E-state index contributed by atoms with van der Waals surface area (Å²) >= 11 is 0. The molecule has 0 amide bonds. The molecule has 0 aromatic heterocycles. The van der Waals surface area contributed by atoms with E-state index in [4.69, 9.17) is 0 Å². The van der Waals surface area contributed by atoms with E-state index in [2.05, 4.69) is 138 Å². The first-order valence-electron chi connectivity index (χ1n) is 13.8. The number of nitrogens with zero attached hydrogens (tertiary/aromatic N) is 3. The Labute approximate surface area is 225 Å². The van der Waals surface area contributed by atoms with Crippen molar-refractivity contribution < 1.29 is 0 Å². The lowest BCUT2D eigenvalue weighted by Crippen LogP contribution is -2.08. The second-order valence-corrected chi connectivity index (χ2v) is 8.84. The fourth-order valence-corrected chi connectivity index (χ4v) is 2.91. The molecule has 0 bridgehead atoms. The molecule has 3 heteroatoms. The third-order valence-electron chi connectivity index (χ3n) is 5.58. The van der Waals surface area contributed by atoms with E-state index >= 15 is 0 Å². The van der Waals surface area contributed by atoms with Crippen molar-refractivity contribution in [1.29, 1.82) is 0 Å². The summed E-state index contributed by atoms with van der Waals surface area (Å²) in [6.45, 7) is 17.8. The minimum atomic E-state index is 1.08. The first kappa shape index (κ1) is 36.0. The normalized spacial score (nSPS) is 10.2. The standard InChI is InChI=1S/C17H12.3C4H11N.2C2H6/c1-3-7-15-12(5-1)9-10-14-11-13-6-2-4-8-16(13)17(14)15;3*1-4-5(2)3;2*1-2/h1-10H,11H2;3*4H2,1-3H3;2*1-2H3. The molecule has 3 aromatic rings. The van der Waals surface area contributed by atoms with Crippen LogP contribution in [0.15, 0.2) is 60.7 Å². The van der Waals surface area contributed by atoms with Gasteiger partial charge in [0.2, 0.25) is 0 Å². The maximum absolute atomic E-state index is 2.28. The van der Waals surface area contributed by atoms with E-state index in [0.717, 1.165) is 26.1 Å². The summed E-state index contributed by atoms with van der Waals surface area (Å²) in [6.07, 6.45) is 1.08. The predicted octanol–water partition coefficient (Wildman–Crippen LogP) is 8.17. The quantitative estimate of drug-likeness (QED) is 0.284. The Kier molecular flexibility index (Phi) is 22.0. The number of hydrogen-bond donors (Lipinski definition) is 0. The first-order valence-corrected chi connectivity index (χ1v) is 13.8. The molecule has 0 saturated carbocycles. The molecular formula is C33H57N3. The molecule has 1 aliphatic rings. The van der Waals surface area contributed by atoms with Crippen LogP contribution in [-0.2, 0) is 6.42 Å². The van der Waals surface area contributed by atoms with Gasteiger partial charge in [-0.1, -0.05) is 109 Å². The summed E-state index contributed by atoms with van der Waals surface area (Å²) in [6, 6.07) is 21.9. The molecule has 0 aliphatic heterocycles. The maximum atomic E-state index is 2.28. The Bertz CT molecular complexity index is 895. The highest BCUT2D eigenvalue weighted by molar-refractivity contribution is 6.00. The Morgan fingerprint density at radius 2 is 0.944 bits per heavy atom. The third kappa shape index (κ3) is 13.8. The van der Waals surface area contributed by atoms with E-state index in [0.29, 0.717) is 0 Å². The molecule has 0 saturated heterocycles. The Hall–Kier alpha value is -2.20. The molecule has 0 heterocycles. The SMILES string of the molecule is CC.CC.CCN(C)C.CCN(C)C.CCN(C)C.c1ccc2c(c1)Cc1ccc3ccccc3c1-2. The van der Waals surface area contributed by atoms with Gasteiger partial charge in [-0.3, -0.25) is 0 Å². The highest BCUT2D eigenvalue weighted by atomic mass is 15.0. The molecule has 204 valence electrons. The molecule has 1 aliphatic carbocycles. The fraction of sp³-hybridized carbons (Fsp3) is 0.515. The highest BCUT2D eigenvalue weighted by Crippen LogP contribution is 2.40. The lowest BCUT2D eigenvalue weighted by Gasteiger charge is -2.06. The Balaban J connectivity index is 0. The number of rotatable bonds is 3. The maximum Gasteiger partial charge on any atom is -0.00132 e. The monoisotopic (exact) mass is 495 g/mol. The minimum absolute atomic E-state index is 1.08. The van der Waals surface area contributed by atoms with Crippen LogP contribution in [0.3, 0.4) is 0 Å². The van der Waals surface area contributed by atoms with Crippen molar-refractivity contribution in [3.05, 3.63) is 71.8 Å². The van der Waals surface area contributed by atoms with Crippen LogP contribution in [0.4, 0.5) is 0 Å². The first-order chi connectivity index (χ1) is 17.2. The van der Waals surface area contributed by atoms with Crippen LogP contribution in [0.5, 0.6) is 0 Å². The van der Waals surface area contributed by atoms with E-state index in [1.807, 2.05) is 27.7 Å². The van der Waals surface area contributed by atoms with Crippen molar-refractivity contribution in [3.8, 4) is 11.1 Å². The van der Waals surface area contributed by atoms with Crippen LogP contribution in [0.2, 0.25) is 0 Å². The topological polar surface area (TPSA) is 9.72 Å². The van der Waals surface area contributed by atoms with Gasteiger partial charge in [-0.05, 0) is 101 Å². The number of benzene rings is 3. The van der Waals surface area contributed by atoms with Crippen molar-refractivity contribution in [3.63, 3.8) is 0 Å². The molecule has 0 atom stereocenters. The van der Waals surface area contributed by atoms with Gasteiger partial charge < -0.3 is 14.7 Å². The average molecular weight is 496 g/mol. The van der Waals surface area contributed by atoms with Gasteiger partial charge in [-0.25, -0.2) is 0 Å². The van der Waals surface area contributed by atoms with E-state index in [9.17, 15) is 0 Å². The summed E-state index contributed by atoms with van der Waals surface area (Å²) in [5.74, 6) is 0. The average Bonchev–Trinajstić information content (AvgIpc) is 3.31. The van der Waals surface area contributed by atoms with Crippen molar-refractivity contribution in [1.82, 2.24) is 14.7 Å². The predicted molar refractivity (Wildman–Crippen MR) is 168 cm³/mol. The lowest BCUT2D eigenvalue weighted by molar-refractivity contribution is 0.434. The molecule has 0 radical (unpaired) electrons. The van der Waals surface area contributed by atoms with Gasteiger partial charge in [0.15, 0.2) is 0 Å². The summed E-state index contributed by atoms with van der Waals surface area (Å²) < 4.78 is 0. The van der Waals surface area contributed by atoms with Crippen LogP contribution in [0, 0.1) is 0 Å². The molecule has 0 N–H and O–H groups in total.